The SMILES string of the molecule is C=CCNC(=O)c1nc(C(=O)Nc2c(C)cc(C)cc2C)c2n1CCCC2. The van der Waals surface area contributed by atoms with Crippen molar-refractivity contribution in [2.24, 2.45) is 0 Å². The van der Waals surface area contributed by atoms with Gasteiger partial charge in [0.05, 0.1) is 5.69 Å². The maximum absolute atomic E-state index is 13.0. The molecule has 1 aromatic carbocycles. The van der Waals surface area contributed by atoms with Crippen LogP contribution in [-0.4, -0.2) is 27.9 Å². The molecule has 1 aliphatic rings. The molecule has 6 nitrogen and oxygen atoms in total. The molecular weight excluding hydrogens is 340 g/mol. The topological polar surface area (TPSA) is 76.0 Å². The van der Waals surface area contributed by atoms with E-state index in [0.717, 1.165) is 47.3 Å². The summed E-state index contributed by atoms with van der Waals surface area (Å²) in [6.45, 7) is 10.7. The van der Waals surface area contributed by atoms with Gasteiger partial charge in [0.25, 0.3) is 11.8 Å². The van der Waals surface area contributed by atoms with Crippen LogP contribution < -0.4 is 10.6 Å². The second-order valence-electron chi connectivity index (χ2n) is 7.07. The first kappa shape index (κ1) is 18.9. The van der Waals surface area contributed by atoms with Gasteiger partial charge in [-0.15, -0.1) is 6.58 Å². The normalized spacial score (nSPS) is 13.0. The van der Waals surface area contributed by atoms with Gasteiger partial charge >= 0.3 is 0 Å². The van der Waals surface area contributed by atoms with Crippen LogP contribution in [0.5, 0.6) is 0 Å². The summed E-state index contributed by atoms with van der Waals surface area (Å²) in [6, 6.07) is 4.08. The first-order chi connectivity index (χ1) is 12.9. The van der Waals surface area contributed by atoms with Gasteiger partial charge in [0.1, 0.15) is 0 Å². The summed E-state index contributed by atoms with van der Waals surface area (Å²) in [5, 5.41) is 5.76. The van der Waals surface area contributed by atoms with Crippen molar-refractivity contribution in [3.05, 3.63) is 58.7 Å². The Morgan fingerprint density at radius 1 is 1.19 bits per heavy atom. The minimum Gasteiger partial charge on any atom is -0.346 e. The van der Waals surface area contributed by atoms with Gasteiger partial charge in [-0.2, -0.15) is 0 Å². The Bertz CT molecular complexity index is 888. The highest BCUT2D eigenvalue weighted by atomic mass is 16.2. The lowest BCUT2D eigenvalue weighted by Crippen LogP contribution is -2.28. The third-order valence-corrected chi connectivity index (χ3v) is 4.86. The number of nitrogens with one attached hydrogen (secondary N) is 2. The minimum absolute atomic E-state index is 0.265. The molecule has 0 radical (unpaired) electrons. The predicted molar refractivity (Wildman–Crippen MR) is 106 cm³/mol. The molecule has 0 saturated carbocycles. The zero-order valence-electron chi connectivity index (χ0n) is 16.2. The lowest BCUT2D eigenvalue weighted by Gasteiger charge is -2.17. The zero-order valence-corrected chi connectivity index (χ0v) is 16.2. The second kappa shape index (κ2) is 7.78. The molecule has 0 unspecified atom stereocenters. The molecule has 0 bridgehead atoms. The van der Waals surface area contributed by atoms with Gasteiger partial charge < -0.3 is 15.2 Å². The molecule has 27 heavy (non-hydrogen) atoms. The fraction of sp³-hybridized carbons (Fsp3) is 0.381. The fourth-order valence-corrected chi connectivity index (χ4v) is 3.69. The van der Waals surface area contributed by atoms with Crippen LogP contribution in [0.25, 0.3) is 0 Å². The van der Waals surface area contributed by atoms with E-state index in [0.29, 0.717) is 24.6 Å². The Kier molecular flexibility index (Phi) is 5.44. The highest BCUT2D eigenvalue weighted by Crippen LogP contribution is 2.25. The Hall–Kier alpha value is -2.89. The Labute approximate surface area is 159 Å². The molecule has 0 spiro atoms. The van der Waals surface area contributed by atoms with Crippen LogP contribution >= 0.6 is 0 Å². The Balaban J connectivity index is 1.94. The fourth-order valence-electron chi connectivity index (χ4n) is 3.69. The van der Waals surface area contributed by atoms with E-state index in [2.05, 4.69) is 22.2 Å². The van der Waals surface area contributed by atoms with Gasteiger partial charge in [-0.1, -0.05) is 23.8 Å². The number of amides is 2. The number of imidazole rings is 1. The summed E-state index contributed by atoms with van der Waals surface area (Å²) >= 11 is 0. The number of hydrogen-bond acceptors (Lipinski definition) is 3. The van der Waals surface area contributed by atoms with Crippen molar-refractivity contribution in [3.63, 3.8) is 0 Å². The smallest absolute Gasteiger partial charge is 0.287 e. The number of fused-ring (bicyclic) bond motifs is 1. The highest BCUT2D eigenvalue weighted by molar-refractivity contribution is 6.05. The third-order valence-electron chi connectivity index (χ3n) is 4.86. The van der Waals surface area contributed by atoms with E-state index in [1.54, 1.807) is 6.08 Å². The maximum atomic E-state index is 13.0. The summed E-state index contributed by atoms with van der Waals surface area (Å²) in [6.07, 6.45) is 4.33. The molecule has 2 amide bonds. The standard InChI is InChI=1S/C21H26N4O2/c1-5-9-22-21(27)19-23-18(16-8-6-7-10-25(16)19)20(26)24-17-14(3)11-13(2)12-15(17)4/h5,11-12H,1,6-10H2,2-4H3,(H,22,27)(H,24,26). The zero-order chi connectivity index (χ0) is 19.6. The minimum atomic E-state index is -0.278. The van der Waals surface area contributed by atoms with E-state index in [1.165, 1.54) is 0 Å². The molecule has 1 aliphatic heterocycles. The number of benzene rings is 1. The van der Waals surface area contributed by atoms with Crippen molar-refractivity contribution in [3.8, 4) is 0 Å². The molecule has 0 fully saturated rings. The van der Waals surface area contributed by atoms with Crippen LogP contribution in [0.2, 0.25) is 0 Å². The molecular formula is C21H26N4O2. The molecule has 2 heterocycles. The molecule has 2 N–H and O–H groups in total. The van der Waals surface area contributed by atoms with Gasteiger partial charge in [0.2, 0.25) is 0 Å². The Morgan fingerprint density at radius 3 is 2.56 bits per heavy atom. The van der Waals surface area contributed by atoms with Gasteiger partial charge in [-0.25, -0.2) is 4.98 Å². The first-order valence-electron chi connectivity index (χ1n) is 9.30. The van der Waals surface area contributed by atoms with Crippen molar-refractivity contribution >= 4 is 17.5 Å². The van der Waals surface area contributed by atoms with Crippen LogP contribution in [0, 0.1) is 20.8 Å². The summed E-state index contributed by atoms with van der Waals surface area (Å²) < 4.78 is 1.88. The van der Waals surface area contributed by atoms with Crippen LogP contribution in [0.4, 0.5) is 5.69 Å². The van der Waals surface area contributed by atoms with Crippen molar-refractivity contribution in [1.82, 2.24) is 14.9 Å². The molecule has 0 saturated heterocycles. The number of aryl methyl sites for hydroxylation is 3. The lowest BCUT2D eigenvalue weighted by molar-refractivity contribution is 0.0942. The number of nitrogens with zero attached hydrogens (tertiary/aromatic N) is 2. The molecule has 6 heteroatoms. The lowest BCUT2D eigenvalue weighted by atomic mass is 10.0. The summed E-state index contributed by atoms with van der Waals surface area (Å²) in [5.74, 6) is -0.243. The van der Waals surface area contributed by atoms with Crippen molar-refractivity contribution < 1.29 is 9.59 Å². The largest absolute Gasteiger partial charge is 0.346 e. The van der Waals surface area contributed by atoms with E-state index < -0.39 is 0 Å². The van der Waals surface area contributed by atoms with Crippen molar-refractivity contribution in [1.29, 1.82) is 0 Å². The van der Waals surface area contributed by atoms with Crippen molar-refractivity contribution in [2.75, 3.05) is 11.9 Å². The number of aromatic nitrogens is 2. The second-order valence-corrected chi connectivity index (χ2v) is 7.07. The number of carbonyl (C=O) groups excluding carboxylic acids is 2. The maximum Gasteiger partial charge on any atom is 0.287 e. The van der Waals surface area contributed by atoms with Crippen LogP contribution in [-0.2, 0) is 13.0 Å². The average Bonchev–Trinajstić information content (AvgIpc) is 3.02. The third kappa shape index (κ3) is 3.79. The predicted octanol–water partition coefficient (Wildman–Crippen LogP) is 3.31. The summed E-state index contributed by atoms with van der Waals surface area (Å²) in [7, 11) is 0. The van der Waals surface area contributed by atoms with E-state index >= 15 is 0 Å². The van der Waals surface area contributed by atoms with Crippen LogP contribution in [0.3, 0.4) is 0 Å². The van der Waals surface area contributed by atoms with Crippen LogP contribution in [0.1, 0.15) is 56.3 Å². The van der Waals surface area contributed by atoms with E-state index in [9.17, 15) is 9.59 Å². The molecule has 0 aliphatic carbocycles. The summed E-state index contributed by atoms with van der Waals surface area (Å²) in [4.78, 5) is 29.9. The van der Waals surface area contributed by atoms with E-state index in [1.807, 2.05) is 37.5 Å². The molecule has 2 aromatic rings. The molecule has 1 aromatic heterocycles. The van der Waals surface area contributed by atoms with Gasteiger partial charge in [-0.3, -0.25) is 9.59 Å². The van der Waals surface area contributed by atoms with Crippen molar-refractivity contribution in [2.45, 2.75) is 46.6 Å². The molecule has 0 atom stereocenters. The van der Waals surface area contributed by atoms with E-state index in [4.69, 9.17) is 0 Å². The number of carbonyl (C=O) groups is 2. The number of rotatable bonds is 5. The van der Waals surface area contributed by atoms with Gasteiger partial charge in [0, 0.05) is 18.8 Å². The molecule has 142 valence electrons. The van der Waals surface area contributed by atoms with E-state index in [-0.39, 0.29) is 11.8 Å². The highest BCUT2D eigenvalue weighted by Gasteiger charge is 2.27. The first-order valence-corrected chi connectivity index (χ1v) is 9.30. The van der Waals surface area contributed by atoms with Gasteiger partial charge in [0.15, 0.2) is 11.5 Å². The summed E-state index contributed by atoms with van der Waals surface area (Å²) in [5.41, 5.74) is 5.17. The monoisotopic (exact) mass is 366 g/mol. The number of hydrogen-bond donors (Lipinski definition) is 2. The Morgan fingerprint density at radius 2 is 1.89 bits per heavy atom. The average molecular weight is 366 g/mol. The molecule has 3 rings (SSSR count). The van der Waals surface area contributed by atoms with Crippen LogP contribution in [0.15, 0.2) is 24.8 Å². The quantitative estimate of drug-likeness (QED) is 0.797. The van der Waals surface area contributed by atoms with Gasteiger partial charge in [-0.05, 0) is 51.2 Å². The number of anilines is 1.